The first-order valence-electron chi connectivity index (χ1n) is 4.56. The van der Waals surface area contributed by atoms with Crippen molar-refractivity contribution in [2.24, 2.45) is 0 Å². The first-order chi connectivity index (χ1) is 6.99. The molecule has 0 spiro atoms. The van der Waals surface area contributed by atoms with Gasteiger partial charge >= 0.3 is 5.69 Å². The fourth-order valence-corrected chi connectivity index (χ4v) is 1.57. The summed E-state index contributed by atoms with van der Waals surface area (Å²) in [5.41, 5.74) is 0.933. The molecule has 0 N–H and O–H groups in total. The van der Waals surface area contributed by atoms with E-state index < -0.39 is 4.92 Å². The van der Waals surface area contributed by atoms with Crippen molar-refractivity contribution in [1.29, 1.82) is 5.26 Å². The van der Waals surface area contributed by atoms with Crippen molar-refractivity contribution in [3.63, 3.8) is 0 Å². The zero-order valence-electron chi connectivity index (χ0n) is 8.89. The minimum Gasteiger partial charge on any atom is -0.259 e. The van der Waals surface area contributed by atoms with Gasteiger partial charge in [-0.25, -0.2) is 0 Å². The molecule has 0 radical (unpaired) electrons. The molecule has 0 aliphatic heterocycles. The monoisotopic (exact) mass is 208 g/mol. The van der Waals surface area contributed by atoms with Crippen LogP contribution >= 0.6 is 0 Å². The van der Waals surface area contributed by atoms with Gasteiger partial charge in [0, 0.05) is 0 Å². The van der Waals surface area contributed by atoms with Crippen LogP contribution < -0.4 is 0 Å². The van der Waals surface area contributed by atoms with Crippen molar-refractivity contribution < 1.29 is 4.92 Å². The Morgan fingerprint density at radius 2 is 2.27 bits per heavy atom. The smallest absolute Gasteiger partial charge is 0.259 e. The molecule has 1 aromatic rings. The highest BCUT2D eigenvalue weighted by Gasteiger charge is 2.23. The van der Waals surface area contributed by atoms with Crippen molar-refractivity contribution in [1.82, 2.24) is 9.78 Å². The minimum atomic E-state index is -0.437. The first kappa shape index (κ1) is 11.2. The van der Waals surface area contributed by atoms with E-state index in [0.717, 1.165) is 0 Å². The third kappa shape index (κ3) is 1.96. The molecule has 1 unspecified atom stereocenters. The Kier molecular flexibility index (Phi) is 3.04. The second kappa shape index (κ2) is 4.09. The summed E-state index contributed by atoms with van der Waals surface area (Å²) >= 11 is 0. The van der Waals surface area contributed by atoms with E-state index in [-0.39, 0.29) is 11.7 Å². The average Bonchev–Trinajstić information content (AvgIpc) is 2.42. The molecule has 0 saturated carbocycles. The van der Waals surface area contributed by atoms with Gasteiger partial charge in [-0.05, 0) is 20.8 Å². The molecule has 0 saturated heterocycles. The van der Waals surface area contributed by atoms with Gasteiger partial charge in [0.1, 0.15) is 11.4 Å². The van der Waals surface area contributed by atoms with Crippen LogP contribution in [0.25, 0.3) is 0 Å². The van der Waals surface area contributed by atoms with Crippen LogP contribution in [0.1, 0.15) is 30.8 Å². The van der Waals surface area contributed by atoms with Crippen molar-refractivity contribution in [3.8, 4) is 6.07 Å². The summed E-state index contributed by atoms with van der Waals surface area (Å²) in [5, 5.41) is 23.3. The topological polar surface area (TPSA) is 84.8 Å². The van der Waals surface area contributed by atoms with Crippen molar-refractivity contribution in [2.75, 3.05) is 0 Å². The molecule has 1 rings (SSSR count). The predicted octanol–water partition coefficient (Wildman–Crippen LogP) is 1.88. The van der Waals surface area contributed by atoms with Gasteiger partial charge in [0.2, 0.25) is 0 Å². The number of hydrogen-bond acceptors (Lipinski definition) is 4. The van der Waals surface area contributed by atoms with Gasteiger partial charge in [-0.3, -0.25) is 14.8 Å². The molecule has 1 aromatic heterocycles. The Hall–Kier alpha value is -1.90. The number of aromatic nitrogens is 2. The second-order valence-corrected chi connectivity index (χ2v) is 3.43. The Balaban J connectivity index is 3.18. The highest BCUT2D eigenvalue weighted by molar-refractivity contribution is 5.39. The summed E-state index contributed by atoms with van der Waals surface area (Å²) in [6, 6.07) is 1.88. The van der Waals surface area contributed by atoms with Crippen LogP contribution in [-0.4, -0.2) is 14.7 Å². The Bertz CT molecular complexity index is 430. The van der Waals surface area contributed by atoms with Gasteiger partial charge in [-0.2, -0.15) is 10.4 Å². The molecule has 6 heteroatoms. The molecule has 0 amide bonds. The largest absolute Gasteiger partial charge is 0.312 e. The average molecular weight is 208 g/mol. The molecule has 1 heterocycles. The highest BCUT2D eigenvalue weighted by atomic mass is 16.6. The Morgan fingerprint density at radius 3 is 2.67 bits per heavy atom. The van der Waals surface area contributed by atoms with E-state index in [1.54, 1.807) is 13.8 Å². The zero-order chi connectivity index (χ0) is 11.6. The first-order valence-corrected chi connectivity index (χ1v) is 4.56. The van der Waals surface area contributed by atoms with E-state index in [2.05, 4.69) is 5.10 Å². The number of nitro groups is 1. The third-order valence-electron chi connectivity index (χ3n) is 2.27. The number of aryl methyl sites for hydroxylation is 1. The number of nitriles is 1. The fourth-order valence-electron chi connectivity index (χ4n) is 1.57. The van der Waals surface area contributed by atoms with Crippen LogP contribution in [0.3, 0.4) is 0 Å². The summed E-state index contributed by atoms with van der Waals surface area (Å²) in [5.74, 6) is 0. The summed E-state index contributed by atoms with van der Waals surface area (Å²) in [4.78, 5) is 10.3. The lowest BCUT2D eigenvalue weighted by Crippen LogP contribution is -2.08. The Morgan fingerprint density at radius 1 is 1.67 bits per heavy atom. The maximum atomic E-state index is 10.7. The van der Waals surface area contributed by atoms with Gasteiger partial charge in [-0.1, -0.05) is 0 Å². The molecule has 0 aliphatic carbocycles. The zero-order valence-corrected chi connectivity index (χ0v) is 8.89. The molecule has 6 nitrogen and oxygen atoms in total. The van der Waals surface area contributed by atoms with Crippen LogP contribution in [0, 0.1) is 35.3 Å². The molecule has 0 aromatic carbocycles. The third-order valence-corrected chi connectivity index (χ3v) is 2.27. The summed E-state index contributed by atoms with van der Waals surface area (Å²) in [6.07, 6.45) is 0.291. The standard InChI is InChI=1S/C9H12N4O2/c1-6(4-5-10)12-8(3)9(13(14)15)7(2)11-12/h6H,4H2,1-3H3. The second-order valence-electron chi connectivity index (χ2n) is 3.43. The molecule has 15 heavy (non-hydrogen) atoms. The van der Waals surface area contributed by atoms with Crippen molar-refractivity contribution in [2.45, 2.75) is 33.2 Å². The van der Waals surface area contributed by atoms with Gasteiger partial charge in [-0.15, -0.1) is 0 Å². The van der Waals surface area contributed by atoms with Crippen molar-refractivity contribution in [3.05, 3.63) is 21.5 Å². The lowest BCUT2D eigenvalue weighted by molar-refractivity contribution is -0.386. The summed E-state index contributed by atoms with van der Waals surface area (Å²) in [6.45, 7) is 5.05. The number of rotatable bonds is 3. The van der Waals surface area contributed by atoms with Crippen molar-refractivity contribution >= 4 is 5.69 Å². The lowest BCUT2D eigenvalue weighted by atomic mass is 10.2. The molecule has 0 aliphatic rings. The van der Waals surface area contributed by atoms with E-state index >= 15 is 0 Å². The highest BCUT2D eigenvalue weighted by Crippen LogP contribution is 2.25. The van der Waals surface area contributed by atoms with E-state index in [4.69, 9.17) is 5.26 Å². The molecule has 0 bridgehead atoms. The molecule has 80 valence electrons. The summed E-state index contributed by atoms with van der Waals surface area (Å²) < 4.78 is 1.54. The maximum Gasteiger partial charge on any atom is 0.312 e. The fraction of sp³-hybridized carbons (Fsp3) is 0.556. The number of hydrogen-bond donors (Lipinski definition) is 0. The Labute approximate surface area is 87.3 Å². The number of nitrogens with zero attached hydrogens (tertiary/aromatic N) is 4. The van der Waals surface area contributed by atoms with Crippen LogP contribution in [0.4, 0.5) is 5.69 Å². The maximum absolute atomic E-state index is 10.7. The van der Waals surface area contributed by atoms with E-state index in [0.29, 0.717) is 17.8 Å². The van der Waals surface area contributed by atoms with E-state index in [9.17, 15) is 10.1 Å². The quantitative estimate of drug-likeness (QED) is 0.560. The predicted molar refractivity (Wildman–Crippen MR) is 53.3 cm³/mol. The van der Waals surface area contributed by atoms with Crippen LogP contribution in [0.15, 0.2) is 0 Å². The SMILES string of the molecule is Cc1nn(C(C)CC#N)c(C)c1[N+](=O)[O-]. The minimum absolute atomic E-state index is 0.0415. The van der Waals surface area contributed by atoms with E-state index in [1.807, 2.05) is 13.0 Å². The van der Waals surface area contributed by atoms with Crippen LogP contribution in [0.5, 0.6) is 0 Å². The molecule has 0 fully saturated rings. The normalized spacial score (nSPS) is 12.1. The van der Waals surface area contributed by atoms with E-state index in [1.165, 1.54) is 4.68 Å². The molecular formula is C9H12N4O2. The molecule has 1 atom stereocenters. The van der Waals surface area contributed by atoms with Gasteiger partial charge < -0.3 is 0 Å². The van der Waals surface area contributed by atoms with Gasteiger partial charge in [0.25, 0.3) is 0 Å². The van der Waals surface area contributed by atoms with Gasteiger partial charge in [0.05, 0.1) is 23.5 Å². The van der Waals surface area contributed by atoms with Crippen LogP contribution in [0.2, 0.25) is 0 Å². The summed E-state index contributed by atoms with van der Waals surface area (Å²) in [7, 11) is 0. The lowest BCUT2D eigenvalue weighted by Gasteiger charge is -2.08. The van der Waals surface area contributed by atoms with Gasteiger partial charge in [0.15, 0.2) is 0 Å². The molecular weight excluding hydrogens is 196 g/mol. The van der Waals surface area contributed by atoms with Crippen LogP contribution in [-0.2, 0) is 0 Å².